The molecule has 0 aliphatic carbocycles. The van der Waals surface area contributed by atoms with E-state index in [0.717, 1.165) is 61.3 Å². The maximum absolute atomic E-state index is 10.5. The quantitative estimate of drug-likeness (QED) is 0.114. The van der Waals surface area contributed by atoms with E-state index in [1.165, 1.54) is 63.4 Å². The summed E-state index contributed by atoms with van der Waals surface area (Å²) in [7, 11) is 3.43. The number of hydrogen-bond acceptors (Lipinski definition) is 4. The minimum absolute atomic E-state index is 0.146. The Labute approximate surface area is 243 Å². The summed E-state index contributed by atoms with van der Waals surface area (Å²) in [6.07, 6.45) is 18.4. The van der Waals surface area contributed by atoms with Gasteiger partial charge in [-0.05, 0) is 73.9 Å². The average Bonchev–Trinajstić information content (AvgIpc) is 2.96. The van der Waals surface area contributed by atoms with Crippen molar-refractivity contribution < 1.29 is 4.74 Å². The first kappa shape index (κ1) is 32.8. The van der Waals surface area contributed by atoms with Crippen LogP contribution in [-0.2, 0) is 11.8 Å². The SMILES string of the molecule is CCCCCCCCCCCCC(C#N)(CCCC(CCc1cccc(Cl)c1)N=NC)c1cccc(OC)c1. The average molecular weight is 552 g/mol. The van der Waals surface area contributed by atoms with Gasteiger partial charge >= 0.3 is 0 Å². The van der Waals surface area contributed by atoms with E-state index in [0.29, 0.717) is 0 Å². The molecule has 2 aromatic rings. The molecule has 0 saturated carbocycles. The van der Waals surface area contributed by atoms with Crippen LogP contribution in [0.5, 0.6) is 5.75 Å². The first-order chi connectivity index (χ1) is 19.1. The van der Waals surface area contributed by atoms with Crippen molar-refractivity contribution in [3.05, 3.63) is 64.7 Å². The highest BCUT2D eigenvalue weighted by molar-refractivity contribution is 6.30. The molecular weight excluding hydrogens is 502 g/mol. The summed E-state index contributed by atoms with van der Waals surface area (Å²) in [6.45, 7) is 2.27. The summed E-state index contributed by atoms with van der Waals surface area (Å²) < 4.78 is 5.51. The van der Waals surface area contributed by atoms with E-state index >= 15 is 0 Å². The van der Waals surface area contributed by atoms with Crippen LogP contribution in [0.4, 0.5) is 0 Å². The van der Waals surface area contributed by atoms with E-state index < -0.39 is 5.41 Å². The van der Waals surface area contributed by atoms with Crippen LogP contribution < -0.4 is 4.74 Å². The van der Waals surface area contributed by atoms with Crippen molar-refractivity contribution in [1.29, 1.82) is 5.26 Å². The second kappa shape index (κ2) is 19.6. The van der Waals surface area contributed by atoms with Gasteiger partial charge in [-0.1, -0.05) is 107 Å². The third kappa shape index (κ3) is 12.6. The molecule has 2 rings (SSSR count). The van der Waals surface area contributed by atoms with Crippen LogP contribution in [0.3, 0.4) is 0 Å². The minimum atomic E-state index is -0.504. The number of nitriles is 1. The van der Waals surface area contributed by atoms with E-state index in [-0.39, 0.29) is 6.04 Å². The topological polar surface area (TPSA) is 57.7 Å². The molecular formula is C34H50ClN3O. The molecule has 0 radical (unpaired) electrons. The van der Waals surface area contributed by atoms with Gasteiger partial charge in [0.15, 0.2) is 0 Å². The zero-order chi connectivity index (χ0) is 28.2. The van der Waals surface area contributed by atoms with Crippen LogP contribution >= 0.6 is 11.6 Å². The lowest BCUT2D eigenvalue weighted by atomic mass is 9.73. The molecule has 0 saturated heterocycles. The molecule has 4 nitrogen and oxygen atoms in total. The number of halogens is 1. The van der Waals surface area contributed by atoms with Crippen LogP contribution in [-0.4, -0.2) is 20.2 Å². The molecule has 0 amide bonds. The van der Waals surface area contributed by atoms with Crippen molar-refractivity contribution >= 4 is 11.6 Å². The number of benzene rings is 2. The van der Waals surface area contributed by atoms with Gasteiger partial charge in [0.05, 0.1) is 24.6 Å². The van der Waals surface area contributed by atoms with Gasteiger partial charge in [0.1, 0.15) is 5.75 Å². The summed E-state index contributed by atoms with van der Waals surface area (Å²) in [6, 6.07) is 19.1. The fourth-order valence-corrected chi connectivity index (χ4v) is 5.73. The Morgan fingerprint density at radius 3 is 2.18 bits per heavy atom. The Hall–Kier alpha value is -2.38. The number of hydrogen-bond donors (Lipinski definition) is 0. The van der Waals surface area contributed by atoms with Crippen LogP contribution in [0.25, 0.3) is 0 Å². The molecule has 0 spiro atoms. The molecule has 0 aliphatic heterocycles. The van der Waals surface area contributed by atoms with Crippen molar-refractivity contribution in [3.63, 3.8) is 0 Å². The second-order valence-corrected chi connectivity index (χ2v) is 11.3. The normalized spacial score (nSPS) is 13.7. The van der Waals surface area contributed by atoms with E-state index in [1.807, 2.05) is 30.3 Å². The van der Waals surface area contributed by atoms with Crippen molar-refractivity contribution in [2.45, 2.75) is 121 Å². The monoisotopic (exact) mass is 551 g/mol. The van der Waals surface area contributed by atoms with E-state index in [2.05, 4.69) is 41.4 Å². The zero-order valence-electron chi connectivity index (χ0n) is 24.6. The van der Waals surface area contributed by atoms with Crippen LogP contribution in [0.2, 0.25) is 5.02 Å². The molecule has 0 heterocycles. The predicted octanol–water partition coefficient (Wildman–Crippen LogP) is 10.7. The van der Waals surface area contributed by atoms with E-state index in [4.69, 9.17) is 16.3 Å². The van der Waals surface area contributed by atoms with Gasteiger partial charge < -0.3 is 4.74 Å². The van der Waals surface area contributed by atoms with E-state index in [9.17, 15) is 5.26 Å². The number of unbranched alkanes of at least 4 members (excludes halogenated alkanes) is 9. The maximum atomic E-state index is 10.5. The Bertz CT molecular complexity index is 1000. The third-order valence-corrected chi connectivity index (χ3v) is 8.10. The lowest BCUT2D eigenvalue weighted by Crippen LogP contribution is -2.25. The van der Waals surface area contributed by atoms with Crippen molar-refractivity contribution in [3.8, 4) is 11.8 Å². The zero-order valence-corrected chi connectivity index (χ0v) is 25.4. The molecule has 0 aromatic heterocycles. The van der Waals surface area contributed by atoms with Crippen molar-refractivity contribution in [1.82, 2.24) is 0 Å². The largest absolute Gasteiger partial charge is 0.497 e. The first-order valence-electron chi connectivity index (χ1n) is 15.2. The molecule has 0 aliphatic rings. The first-order valence-corrected chi connectivity index (χ1v) is 15.5. The smallest absolute Gasteiger partial charge is 0.119 e. The number of aryl methyl sites for hydroxylation is 1. The predicted molar refractivity (Wildman–Crippen MR) is 165 cm³/mol. The van der Waals surface area contributed by atoms with Crippen molar-refractivity contribution in [2.75, 3.05) is 14.2 Å². The number of rotatable bonds is 21. The molecule has 214 valence electrons. The molecule has 0 bridgehead atoms. The number of methoxy groups -OCH3 is 1. The fourth-order valence-electron chi connectivity index (χ4n) is 5.51. The highest BCUT2D eigenvalue weighted by Gasteiger charge is 2.32. The fraction of sp³-hybridized carbons (Fsp3) is 0.618. The van der Waals surface area contributed by atoms with Crippen LogP contribution in [0, 0.1) is 11.3 Å². The Kier molecular flexibility index (Phi) is 16.5. The molecule has 2 aromatic carbocycles. The number of azo groups is 1. The molecule has 2 unspecified atom stereocenters. The van der Waals surface area contributed by atoms with Crippen molar-refractivity contribution in [2.24, 2.45) is 10.2 Å². The minimum Gasteiger partial charge on any atom is -0.497 e. The lowest BCUT2D eigenvalue weighted by Gasteiger charge is -2.28. The maximum Gasteiger partial charge on any atom is 0.119 e. The second-order valence-electron chi connectivity index (χ2n) is 10.9. The molecule has 0 N–H and O–H groups in total. The van der Waals surface area contributed by atoms with Crippen LogP contribution in [0.1, 0.15) is 114 Å². The molecule has 39 heavy (non-hydrogen) atoms. The Morgan fingerprint density at radius 2 is 1.54 bits per heavy atom. The van der Waals surface area contributed by atoms with Gasteiger partial charge in [-0.15, -0.1) is 0 Å². The van der Waals surface area contributed by atoms with Gasteiger partial charge in [0.2, 0.25) is 0 Å². The summed E-state index contributed by atoms with van der Waals surface area (Å²) in [5.41, 5.74) is 1.80. The molecule has 5 heteroatoms. The van der Waals surface area contributed by atoms with Gasteiger partial charge in [-0.3, -0.25) is 0 Å². The van der Waals surface area contributed by atoms with Crippen LogP contribution in [0.15, 0.2) is 58.8 Å². The van der Waals surface area contributed by atoms with E-state index in [1.54, 1.807) is 14.2 Å². The highest BCUT2D eigenvalue weighted by atomic mass is 35.5. The molecule has 2 atom stereocenters. The lowest BCUT2D eigenvalue weighted by molar-refractivity contribution is 0.392. The Morgan fingerprint density at radius 1 is 0.872 bits per heavy atom. The summed E-state index contributed by atoms with van der Waals surface area (Å²) in [5.74, 6) is 0.814. The van der Waals surface area contributed by atoms with Gasteiger partial charge in [0, 0.05) is 12.1 Å². The Balaban J connectivity index is 1.95. The summed E-state index contributed by atoms with van der Waals surface area (Å²) >= 11 is 6.17. The summed E-state index contributed by atoms with van der Waals surface area (Å²) in [5, 5.41) is 19.9. The standard InChI is InChI=1S/C34H50ClN3O/c1-4-5-6-7-8-9-10-11-12-13-24-34(28-36,30-18-15-21-33(27-30)39-3)25-16-20-32(38-37-2)23-22-29-17-14-19-31(35)26-29/h14-15,17-19,21,26-27,32H,4-13,16,20,22-25H2,1-3H3. The van der Waals surface area contributed by atoms with Gasteiger partial charge in [0.25, 0.3) is 0 Å². The number of nitrogens with zero attached hydrogens (tertiary/aromatic N) is 3. The summed E-state index contributed by atoms with van der Waals surface area (Å²) in [4.78, 5) is 0. The highest BCUT2D eigenvalue weighted by Crippen LogP contribution is 2.37. The number of ether oxygens (including phenoxy) is 1. The molecule has 0 fully saturated rings. The van der Waals surface area contributed by atoms with Gasteiger partial charge in [-0.25, -0.2) is 0 Å². The third-order valence-electron chi connectivity index (χ3n) is 7.87. The van der Waals surface area contributed by atoms with Gasteiger partial charge in [-0.2, -0.15) is 15.5 Å².